The quantitative estimate of drug-likeness (QED) is 0.891. The normalized spacial score (nSPS) is 12.2. The molecule has 2 nitrogen and oxygen atoms in total. The second-order valence-electron chi connectivity index (χ2n) is 4.53. The number of benzene rings is 2. The highest BCUT2D eigenvalue weighted by Crippen LogP contribution is 2.22. The predicted molar refractivity (Wildman–Crippen MR) is 76.0 cm³/mol. The Morgan fingerprint density at radius 3 is 2.60 bits per heavy atom. The van der Waals surface area contributed by atoms with Crippen LogP contribution in [0.1, 0.15) is 17.2 Å². The SMILES string of the molecule is Cc1ccc(NCC(O)c2ccc(F)cc2F)cc1Cl. The summed E-state index contributed by atoms with van der Waals surface area (Å²) in [5.41, 5.74) is 1.72. The molecule has 0 radical (unpaired) electrons. The van der Waals surface area contributed by atoms with Crippen molar-refractivity contribution < 1.29 is 13.9 Å². The molecule has 0 aromatic heterocycles. The van der Waals surface area contributed by atoms with Crippen LogP contribution >= 0.6 is 11.6 Å². The van der Waals surface area contributed by atoms with Crippen molar-refractivity contribution in [2.45, 2.75) is 13.0 Å². The number of halogens is 3. The van der Waals surface area contributed by atoms with Gasteiger partial charge in [0, 0.05) is 28.9 Å². The molecule has 1 atom stereocenters. The molecule has 0 aliphatic heterocycles. The highest BCUT2D eigenvalue weighted by atomic mass is 35.5. The Morgan fingerprint density at radius 1 is 1.20 bits per heavy atom. The molecule has 0 aliphatic rings. The highest BCUT2D eigenvalue weighted by Gasteiger charge is 2.13. The molecule has 20 heavy (non-hydrogen) atoms. The Bertz CT molecular complexity index is 619. The first-order valence-electron chi connectivity index (χ1n) is 6.10. The van der Waals surface area contributed by atoms with E-state index in [1.165, 1.54) is 6.07 Å². The Balaban J connectivity index is 2.04. The molecule has 106 valence electrons. The lowest BCUT2D eigenvalue weighted by atomic mass is 10.1. The Labute approximate surface area is 121 Å². The fourth-order valence-electron chi connectivity index (χ4n) is 1.80. The van der Waals surface area contributed by atoms with E-state index in [9.17, 15) is 13.9 Å². The molecule has 0 fully saturated rings. The molecule has 0 amide bonds. The maximum Gasteiger partial charge on any atom is 0.131 e. The van der Waals surface area contributed by atoms with Crippen molar-refractivity contribution in [2.75, 3.05) is 11.9 Å². The van der Waals surface area contributed by atoms with Crippen molar-refractivity contribution in [3.8, 4) is 0 Å². The number of aliphatic hydroxyl groups is 1. The summed E-state index contributed by atoms with van der Waals surface area (Å²) in [6.07, 6.45) is -1.07. The lowest BCUT2D eigenvalue weighted by Crippen LogP contribution is -2.13. The van der Waals surface area contributed by atoms with Gasteiger partial charge in [-0.25, -0.2) is 8.78 Å². The first-order valence-corrected chi connectivity index (χ1v) is 6.48. The minimum atomic E-state index is -1.07. The summed E-state index contributed by atoms with van der Waals surface area (Å²) in [7, 11) is 0. The van der Waals surface area contributed by atoms with Gasteiger partial charge in [0.2, 0.25) is 0 Å². The molecule has 0 aliphatic carbocycles. The fourth-order valence-corrected chi connectivity index (χ4v) is 1.98. The lowest BCUT2D eigenvalue weighted by molar-refractivity contribution is 0.186. The molecule has 0 bridgehead atoms. The summed E-state index contributed by atoms with van der Waals surface area (Å²) in [5.74, 6) is -1.43. The molecule has 0 saturated carbocycles. The van der Waals surface area contributed by atoms with Crippen LogP contribution in [-0.4, -0.2) is 11.7 Å². The van der Waals surface area contributed by atoms with E-state index >= 15 is 0 Å². The van der Waals surface area contributed by atoms with Crippen LogP contribution in [-0.2, 0) is 0 Å². The van der Waals surface area contributed by atoms with Gasteiger partial charge in [0.15, 0.2) is 0 Å². The zero-order valence-corrected chi connectivity index (χ0v) is 11.6. The first kappa shape index (κ1) is 14.8. The third kappa shape index (κ3) is 3.46. The molecule has 0 spiro atoms. The van der Waals surface area contributed by atoms with E-state index in [0.29, 0.717) is 5.02 Å². The van der Waals surface area contributed by atoms with Crippen LogP contribution in [0.25, 0.3) is 0 Å². The average Bonchev–Trinajstić information content (AvgIpc) is 2.40. The summed E-state index contributed by atoms with van der Waals surface area (Å²) in [4.78, 5) is 0. The van der Waals surface area contributed by atoms with Gasteiger partial charge in [-0.1, -0.05) is 23.7 Å². The molecule has 1 unspecified atom stereocenters. The molecule has 2 rings (SSSR count). The second kappa shape index (κ2) is 6.20. The van der Waals surface area contributed by atoms with E-state index in [2.05, 4.69) is 5.32 Å². The zero-order chi connectivity index (χ0) is 14.7. The number of aliphatic hydroxyl groups excluding tert-OH is 1. The van der Waals surface area contributed by atoms with Crippen LogP contribution < -0.4 is 5.32 Å². The van der Waals surface area contributed by atoms with E-state index in [1.807, 2.05) is 19.1 Å². The predicted octanol–water partition coefficient (Wildman–Crippen LogP) is 4.07. The number of rotatable bonds is 4. The van der Waals surface area contributed by atoms with Crippen molar-refractivity contribution >= 4 is 17.3 Å². The summed E-state index contributed by atoms with van der Waals surface area (Å²) in [6, 6.07) is 8.49. The van der Waals surface area contributed by atoms with E-state index < -0.39 is 17.7 Å². The van der Waals surface area contributed by atoms with Gasteiger partial charge < -0.3 is 10.4 Å². The highest BCUT2D eigenvalue weighted by molar-refractivity contribution is 6.31. The van der Waals surface area contributed by atoms with Crippen molar-refractivity contribution in [1.82, 2.24) is 0 Å². The Hall–Kier alpha value is -1.65. The van der Waals surface area contributed by atoms with Gasteiger partial charge in [-0.2, -0.15) is 0 Å². The molecule has 2 N–H and O–H groups in total. The minimum absolute atomic E-state index is 0.0529. The van der Waals surface area contributed by atoms with Gasteiger partial charge in [0.25, 0.3) is 0 Å². The summed E-state index contributed by atoms with van der Waals surface area (Å²) in [6.45, 7) is 1.98. The number of hydrogen-bond acceptors (Lipinski definition) is 2. The Kier molecular flexibility index (Phi) is 4.57. The van der Waals surface area contributed by atoms with E-state index in [1.54, 1.807) is 6.07 Å². The molecule has 0 saturated heterocycles. The average molecular weight is 298 g/mol. The third-order valence-electron chi connectivity index (χ3n) is 2.99. The molecule has 2 aromatic carbocycles. The van der Waals surface area contributed by atoms with Crippen LogP contribution in [0.3, 0.4) is 0 Å². The van der Waals surface area contributed by atoms with Gasteiger partial charge in [-0.05, 0) is 30.7 Å². The van der Waals surface area contributed by atoms with Gasteiger partial charge in [-0.3, -0.25) is 0 Å². The van der Waals surface area contributed by atoms with Crippen LogP contribution in [0.15, 0.2) is 36.4 Å². The number of hydrogen-bond donors (Lipinski definition) is 2. The zero-order valence-electron chi connectivity index (χ0n) is 10.8. The van der Waals surface area contributed by atoms with Crippen LogP contribution in [0.5, 0.6) is 0 Å². The van der Waals surface area contributed by atoms with Gasteiger partial charge in [0.05, 0.1) is 6.10 Å². The lowest BCUT2D eigenvalue weighted by Gasteiger charge is -2.14. The first-order chi connectivity index (χ1) is 9.47. The fraction of sp³-hybridized carbons (Fsp3) is 0.200. The maximum absolute atomic E-state index is 13.5. The van der Waals surface area contributed by atoms with E-state index in [0.717, 1.165) is 23.4 Å². The maximum atomic E-state index is 13.5. The number of aryl methyl sites for hydroxylation is 1. The standard InChI is InChI=1S/C15H14ClF2NO/c1-9-2-4-11(7-13(9)16)19-8-15(20)12-5-3-10(17)6-14(12)18/h2-7,15,19-20H,8H2,1H3. The van der Waals surface area contributed by atoms with Gasteiger partial charge in [-0.15, -0.1) is 0 Å². The smallest absolute Gasteiger partial charge is 0.131 e. The summed E-state index contributed by atoms with van der Waals surface area (Å²) in [5, 5.41) is 13.5. The van der Waals surface area contributed by atoms with Crippen molar-refractivity contribution in [3.63, 3.8) is 0 Å². The molecule has 5 heteroatoms. The van der Waals surface area contributed by atoms with E-state index in [-0.39, 0.29) is 12.1 Å². The minimum Gasteiger partial charge on any atom is -0.386 e. The van der Waals surface area contributed by atoms with Crippen molar-refractivity contribution in [1.29, 1.82) is 0 Å². The van der Waals surface area contributed by atoms with Crippen molar-refractivity contribution in [3.05, 3.63) is 64.2 Å². The largest absolute Gasteiger partial charge is 0.386 e. The third-order valence-corrected chi connectivity index (χ3v) is 3.40. The number of anilines is 1. The monoisotopic (exact) mass is 297 g/mol. The van der Waals surface area contributed by atoms with Crippen LogP contribution in [0, 0.1) is 18.6 Å². The number of nitrogens with one attached hydrogen (secondary N) is 1. The molecular weight excluding hydrogens is 284 g/mol. The summed E-state index contributed by atoms with van der Waals surface area (Å²) >= 11 is 5.98. The van der Waals surface area contributed by atoms with Crippen molar-refractivity contribution in [2.24, 2.45) is 0 Å². The van der Waals surface area contributed by atoms with Gasteiger partial charge >= 0.3 is 0 Å². The van der Waals surface area contributed by atoms with Gasteiger partial charge in [0.1, 0.15) is 11.6 Å². The Morgan fingerprint density at radius 2 is 1.95 bits per heavy atom. The van der Waals surface area contributed by atoms with E-state index in [4.69, 9.17) is 11.6 Å². The molecule has 0 heterocycles. The van der Waals surface area contributed by atoms with Crippen LogP contribution in [0.2, 0.25) is 5.02 Å². The second-order valence-corrected chi connectivity index (χ2v) is 4.93. The summed E-state index contributed by atoms with van der Waals surface area (Å²) < 4.78 is 26.3. The van der Waals surface area contributed by atoms with Crippen LogP contribution in [0.4, 0.5) is 14.5 Å². The molecule has 2 aromatic rings. The molecular formula is C15H14ClF2NO. The topological polar surface area (TPSA) is 32.3 Å².